The van der Waals surface area contributed by atoms with E-state index in [-0.39, 0.29) is 0 Å². The van der Waals surface area contributed by atoms with Crippen LogP contribution in [-0.2, 0) is 22.4 Å². The molecule has 0 aliphatic heterocycles. The van der Waals surface area contributed by atoms with Gasteiger partial charge in [0.25, 0.3) is 5.91 Å². The fraction of sp³-hybridized carbons (Fsp3) is 0.333. The van der Waals surface area contributed by atoms with E-state index in [1.165, 1.54) is 11.3 Å². The summed E-state index contributed by atoms with van der Waals surface area (Å²) in [5.74, 6) is -0.495. The molecule has 1 amide bonds. The maximum atomic E-state index is 12.7. The molecule has 3 aromatic rings. The molecule has 1 aliphatic carbocycles. The first-order valence-corrected chi connectivity index (χ1v) is 11.3. The standard InChI is InChI=1S/C24H24N4O3S/c1-14-9-10-18-19(12-25)23(32-20(18)11-14)26-21(29)13-31-24(30)22-15(2)27-28(16(22)3)17-7-5-4-6-8-17/h4-8,14H,9-11,13H2,1-3H3,(H,26,29). The van der Waals surface area contributed by atoms with Crippen LogP contribution in [0.3, 0.4) is 0 Å². The second-order valence-electron chi connectivity index (χ2n) is 8.09. The van der Waals surface area contributed by atoms with Gasteiger partial charge in [0.05, 0.1) is 22.6 Å². The molecule has 8 heteroatoms. The number of benzene rings is 1. The molecule has 1 aromatic carbocycles. The summed E-state index contributed by atoms with van der Waals surface area (Å²) in [6, 6.07) is 11.7. The maximum absolute atomic E-state index is 12.7. The van der Waals surface area contributed by atoms with Crippen molar-refractivity contribution >= 4 is 28.2 Å². The van der Waals surface area contributed by atoms with Gasteiger partial charge < -0.3 is 10.1 Å². The number of nitrogens with one attached hydrogen (secondary N) is 1. The van der Waals surface area contributed by atoms with Crippen LogP contribution in [0.25, 0.3) is 5.69 Å². The third-order valence-corrected chi connectivity index (χ3v) is 6.88. The molecule has 1 aliphatic rings. The van der Waals surface area contributed by atoms with Crippen LogP contribution in [0.4, 0.5) is 5.00 Å². The number of aromatic nitrogens is 2. The number of nitriles is 1. The summed E-state index contributed by atoms with van der Waals surface area (Å²) in [5.41, 5.74) is 3.94. The van der Waals surface area contributed by atoms with E-state index in [9.17, 15) is 14.9 Å². The molecule has 0 bridgehead atoms. The van der Waals surface area contributed by atoms with E-state index in [4.69, 9.17) is 4.74 Å². The largest absolute Gasteiger partial charge is 0.452 e. The average molecular weight is 449 g/mol. The number of thiophene rings is 1. The lowest BCUT2D eigenvalue weighted by atomic mass is 9.89. The van der Waals surface area contributed by atoms with E-state index in [1.54, 1.807) is 18.5 Å². The van der Waals surface area contributed by atoms with Crippen molar-refractivity contribution in [3.63, 3.8) is 0 Å². The van der Waals surface area contributed by atoms with E-state index >= 15 is 0 Å². The van der Waals surface area contributed by atoms with Gasteiger partial charge in [-0.05, 0) is 56.7 Å². The molecule has 0 fully saturated rings. The number of hydrogen-bond donors (Lipinski definition) is 1. The molecule has 1 atom stereocenters. The van der Waals surface area contributed by atoms with Gasteiger partial charge >= 0.3 is 5.97 Å². The number of aryl methyl sites for hydroxylation is 1. The minimum atomic E-state index is -0.600. The Bertz CT molecular complexity index is 1220. The Morgan fingerprint density at radius 1 is 1.31 bits per heavy atom. The van der Waals surface area contributed by atoms with Gasteiger partial charge in [-0.3, -0.25) is 4.79 Å². The van der Waals surface area contributed by atoms with E-state index in [0.717, 1.165) is 35.4 Å². The molecule has 0 saturated heterocycles. The Labute approximate surface area is 190 Å². The highest BCUT2D eigenvalue weighted by Crippen LogP contribution is 2.39. The molecule has 2 heterocycles. The summed E-state index contributed by atoms with van der Waals surface area (Å²) >= 11 is 1.45. The average Bonchev–Trinajstić information content (AvgIpc) is 3.27. The zero-order valence-corrected chi connectivity index (χ0v) is 19.1. The van der Waals surface area contributed by atoms with Crippen molar-refractivity contribution in [2.75, 3.05) is 11.9 Å². The van der Waals surface area contributed by atoms with Gasteiger partial charge in [0.15, 0.2) is 6.61 Å². The summed E-state index contributed by atoms with van der Waals surface area (Å²) in [6.07, 6.45) is 2.81. The van der Waals surface area contributed by atoms with Crippen LogP contribution in [-0.4, -0.2) is 28.3 Å². The number of rotatable bonds is 5. The highest BCUT2D eigenvalue weighted by atomic mass is 32.1. The van der Waals surface area contributed by atoms with Crippen molar-refractivity contribution in [3.8, 4) is 11.8 Å². The molecule has 32 heavy (non-hydrogen) atoms. The maximum Gasteiger partial charge on any atom is 0.342 e. The Kier molecular flexibility index (Phi) is 6.10. The number of nitrogens with zero attached hydrogens (tertiary/aromatic N) is 3. The topological polar surface area (TPSA) is 97.0 Å². The van der Waals surface area contributed by atoms with Crippen molar-refractivity contribution in [3.05, 3.63) is 63.3 Å². The summed E-state index contributed by atoms with van der Waals surface area (Å²) < 4.78 is 6.97. The SMILES string of the molecule is Cc1nn(-c2ccccc2)c(C)c1C(=O)OCC(=O)Nc1sc2c(c1C#N)CCC(C)C2. The Balaban J connectivity index is 1.44. The fourth-order valence-electron chi connectivity index (χ4n) is 4.08. The van der Waals surface area contributed by atoms with Gasteiger partial charge in [0.1, 0.15) is 16.6 Å². The summed E-state index contributed by atoms with van der Waals surface area (Å²) in [6.45, 7) is 5.29. The van der Waals surface area contributed by atoms with Crippen molar-refractivity contribution in [2.24, 2.45) is 5.92 Å². The number of carbonyl (C=O) groups excluding carboxylic acids is 2. The first-order chi connectivity index (χ1) is 15.4. The number of anilines is 1. The molecular formula is C24H24N4O3S. The molecule has 1 N–H and O–H groups in total. The third kappa shape index (κ3) is 4.16. The predicted molar refractivity (Wildman–Crippen MR) is 122 cm³/mol. The lowest BCUT2D eigenvalue weighted by Gasteiger charge is -2.17. The fourth-order valence-corrected chi connectivity index (χ4v) is 5.46. The number of para-hydroxylation sites is 1. The van der Waals surface area contributed by atoms with Crippen molar-refractivity contribution in [2.45, 2.75) is 40.0 Å². The summed E-state index contributed by atoms with van der Waals surface area (Å²) in [5, 5.41) is 17.3. The first-order valence-electron chi connectivity index (χ1n) is 10.5. The predicted octanol–water partition coefficient (Wildman–Crippen LogP) is 4.34. The molecule has 164 valence electrons. The van der Waals surface area contributed by atoms with Crippen molar-refractivity contribution in [1.82, 2.24) is 9.78 Å². The molecule has 0 spiro atoms. The van der Waals surface area contributed by atoms with Gasteiger partial charge in [-0.25, -0.2) is 9.48 Å². The van der Waals surface area contributed by atoms with Gasteiger partial charge in [-0.2, -0.15) is 10.4 Å². The van der Waals surface area contributed by atoms with Gasteiger partial charge in [0, 0.05) is 4.88 Å². The van der Waals surface area contributed by atoms with Gasteiger partial charge in [0.2, 0.25) is 0 Å². The smallest absolute Gasteiger partial charge is 0.342 e. The first kappa shape index (κ1) is 21.8. The second kappa shape index (κ2) is 8.97. The van der Waals surface area contributed by atoms with Crippen LogP contribution in [0.2, 0.25) is 0 Å². The Hall–Kier alpha value is -3.44. The van der Waals surface area contributed by atoms with Crippen LogP contribution < -0.4 is 5.32 Å². The minimum Gasteiger partial charge on any atom is -0.452 e. The minimum absolute atomic E-state index is 0.347. The normalized spacial score (nSPS) is 15.0. The Morgan fingerprint density at radius 3 is 2.78 bits per heavy atom. The van der Waals surface area contributed by atoms with E-state index < -0.39 is 18.5 Å². The third-order valence-electron chi connectivity index (χ3n) is 5.71. The summed E-state index contributed by atoms with van der Waals surface area (Å²) in [7, 11) is 0. The number of fused-ring (bicyclic) bond motifs is 1. The zero-order valence-electron chi connectivity index (χ0n) is 18.3. The van der Waals surface area contributed by atoms with E-state index in [1.807, 2.05) is 30.3 Å². The Morgan fingerprint density at radius 2 is 2.06 bits per heavy atom. The molecule has 7 nitrogen and oxygen atoms in total. The number of hydrogen-bond acceptors (Lipinski definition) is 6. The van der Waals surface area contributed by atoms with Crippen LogP contribution in [0.5, 0.6) is 0 Å². The molecule has 1 unspecified atom stereocenters. The molecule has 2 aromatic heterocycles. The number of carbonyl (C=O) groups is 2. The van der Waals surface area contributed by atoms with Gasteiger partial charge in [-0.1, -0.05) is 25.1 Å². The van der Waals surface area contributed by atoms with Crippen molar-refractivity contribution < 1.29 is 14.3 Å². The highest BCUT2D eigenvalue weighted by Gasteiger charge is 2.25. The second-order valence-corrected chi connectivity index (χ2v) is 9.19. The van der Waals surface area contributed by atoms with Crippen LogP contribution in [0, 0.1) is 31.1 Å². The quantitative estimate of drug-likeness (QED) is 0.586. The van der Waals surface area contributed by atoms with E-state index in [2.05, 4.69) is 23.4 Å². The molecular weight excluding hydrogens is 424 g/mol. The zero-order chi connectivity index (χ0) is 22.8. The van der Waals surface area contributed by atoms with Crippen molar-refractivity contribution in [1.29, 1.82) is 5.26 Å². The molecule has 0 radical (unpaired) electrons. The number of ether oxygens (including phenoxy) is 1. The van der Waals surface area contributed by atoms with E-state index in [0.29, 0.717) is 33.4 Å². The van der Waals surface area contributed by atoms with Crippen LogP contribution >= 0.6 is 11.3 Å². The monoisotopic (exact) mass is 448 g/mol. The summed E-state index contributed by atoms with van der Waals surface area (Å²) in [4.78, 5) is 26.3. The van der Waals surface area contributed by atoms with Gasteiger partial charge in [-0.15, -0.1) is 11.3 Å². The molecule has 0 saturated carbocycles. The lowest BCUT2D eigenvalue weighted by molar-refractivity contribution is -0.119. The molecule has 4 rings (SSSR count). The number of amides is 1. The van der Waals surface area contributed by atoms with Crippen LogP contribution in [0.1, 0.15) is 51.1 Å². The number of esters is 1. The van der Waals surface area contributed by atoms with Crippen LogP contribution in [0.15, 0.2) is 30.3 Å². The highest BCUT2D eigenvalue weighted by molar-refractivity contribution is 7.16. The lowest BCUT2D eigenvalue weighted by Crippen LogP contribution is -2.21.